The van der Waals surface area contributed by atoms with Crippen molar-refractivity contribution in [3.05, 3.63) is 41.9 Å². The van der Waals surface area contributed by atoms with E-state index in [1.165, 1.54) is 18.9 Å². The van der Waals surface area contributed by atoms with Crippen molar-refractivity contribution in [2.24, 2.45) is 23.0 Å². The summed E-state index contributed by atoms with van der Waals surface area (Å²) in [4.78, 5) is 51.4. The Kier molecular flexibility index (Phi) is 9.26. The fourth-order valence-electron chi connectivity index (χ4n) is 5.93. The molecule has 2 aliphatic heterocycles. The average Bonchev–Trinajstić information content (AvgIpc) is 3.18. The molecule has 3 aliphatic rings. The number of aromatic nitrogens is 5. The van der Waals surface area contributed by atoms with E-state index in [2.05, 4.69) is 35.1 Å². The molecule has 1 spiro atoms. The van der Waals surface area contributed by atoms with E-state index < -0.39 is 0 Å². The molecule has 15 heteroatoms. The second-order valence-electron chi connectivity index (χ2n) is 11.1. The Hall–Kier alpha value is -3.26. The molecule has 228 valence electrons. The lowest BCUT2D eigenvalue weighted by Crippen LogP contribution is -2.51. The number of pyridine rings is 1. The average molecular weight is 647 g/mol. The molecule has 3 aromatic rings. The Morgan fingerprint density at radius 3 is 2.51 bits per heavy atom. The van der Waals surface area contributed by atoms with Crippen LogP contribution in [0.3, 0.4) is 0 Å². The predicted molar refractivity (Wildman–Crippen MR) is 166 cm³/mol. The zero-order chi connectivity index (χ0) is 29.4. The topological polar surface area (TPSA) is 152 Å². The van der Waals surface area contributed by atoms with Crippen molar-refractivity contribution in [3.8, 4) is 0 Å². The summed E-state index contributed by atoms with van der Waals surface area (Å²) in [6, 6.07) is 3.48. The zero-order valence-electron chi connectivity index (χ0n) is 23.8. The van der Waals surface area contributed by atoms with E-state index >= 15 is 0 Å². The molecule has 12 nitrogen and oxygen atoms in total. The number of halogens is 2. The summed E-state index contributed by atoms with van der Waals surface area (Å²) < 4.78 is 4.80. The summed E-state index contributed by atoms with van der Waals surface area (Å²) in [7, 11) is 1.39. The molecule has 0 radical (unpaired) electrons. The van der Waals surface area contributed by atoms with Crippen LogP contribution in [0.4, 0.5) is 23.4 Å². The molecule has 3 aromatic heterocycles. The van der Waals surface area contributed by atoms with E-state index in [4.69, 9.17) is 22.1 Å². The van der Waals surface area contributed by atoms with Crippen LogP contribution in [0.25, 0.3) is 0 Å². The third-order valence-corrected chi connectivity index (χ3v) is 10.1. The van der Waals surface area contributed by atoms with Crippen molar-refractivity contribution in [3.63, 3.8) is 0 Å². The number of nitrogens with zero attached hydrogens (tertiary/aromatic N) is 7. The van der Waals surface area contributed by atoms with E-state index in [1.54, 1.807) is 30.9 Å². The maximum atomic E-state index is 12.3. The first-order valence-electron chi connectivity index (χ1n) is 13.9. The van der Waals surface area contributed by atoms with Crippen LogP contribution in [-0.4, -0.2) is 76.0 Å². The number of methoxy groups -OCH3 is 1. The van der Waals surface area contributed by atoms with Gasteiger partial charge in [0.2, 0.25) is 5.95 Å². The molecule has 0 unspecified atom stereocenters. The van der Waals surface area contributed by atoms with Gasteiger partial charge in [0.1, 0.15) is 22.4 Å². The second kappa shape index (κ2) is 12.8. The molecule has 0 amide bonds. The van der Waals surface area contributed by atoms with E-state index in [-0.39, 0.29) is 47.5 Å². The van der Waals surface area contributed by atoms with Crippen LogP contribution < -0.4 is 20.9 Å². The van der Waals surface area contributed by atoms with Gasteiger partial charge in [-0.3, -0.25) is 9.59 Å². The number of esters is 1. The van der Waals surface area contributed by atoms with Crippen LogP contribution in [-0.2, 0) is 14.3 Å². The molecule has 2 atom stereocenters. The maximum absolute atomic E-state index is 12.3. The minimum atomic E-state index is -0.229. The third kappa shape index (κ3) is 6.21. The summed E-state index contributed by atoms with van der Waals surface area (Å²) in [5, 5.41) is 4.30. The number of piperidine rings is 1. The Bertz CT molecular complexity index is 1480. The molecule has 0 bridgehead atoms. The van der Waals surface area contributed by atoms with Gasteiger partial charge in [0, 0.05) is 61.8 Å². The number of ether oxygens (including phenoxy) is 1. The first-order valence-corrected chi connectivity index (χ1v) is 15.1. The number of ketones is 1. The molecule has 3 fully saturated rings. The fourth-order valence-corrected chi connectivity index (χ4v) is 6.95. The molecule has 1 aliphatic carbocycles. The van der Waals surface area contributed by atoms with Gasteiger partial charge in [-0.1, -0.05) is 30.3 Å². The van der Waals surface area contributed by atoms with E-state index in [0.29, 0.717) is 47.1 Å². The first kappa shape index (κ1) is 31.2. The van der Waals surface area contributed by atoms with E-state index in [0.717, 1.165) is 36.6 Å². The lowest BCUT2D eigenvalue weighted by Gasteiger charge is -2.42. The molecule has 1 saturated carbocycles. The predicted octanol–water partition coefficient (Wildman–Crippen LogP) is 3.76. The second-order valence-corrected chi connectivity index (χ2v) is 12.5. The number of anilines is 4. The summed E-state index contributed by atoms with van der Waals surface area (Å²) in [6.07, 6.45) is 9.17. The summed E-state index contributed by atoms with van der Waals surface area (Å²) in [6.45, 7) is 4.57. The van der Waals surface area contributed by atoms with Gasteiger partial charge >= 0.3 is 5.97 Å². The highest BCUT2D eigenvalue weighted by atomic mass is 35.5. The van der Waals surface area contributed by atoms with Gasteiger partial charge in [0.25, 0.3) is 0 Å². The Balaban J connectivity index is 0.00000368. The van der Waals surface area contributed by atoms with Crippen LogP contribution in [0.1, 0.15) is 26.2 Å². The van der Waals surface area contributed by atoms with E-state index in [9.17, 15) is 9.59 Å². The summed E-state index contributed by atoms with van der Waals surface area (Å²) in [5.41, 5.74) is 6.37. The normalized spacial score (nSPS) is 21.3. The monoisotopic (exact) mass is 645 g/mol. The standard InChI is InChI=1S/C28H32ClN9O3S.ClH/c1-16-18(39)11-28(24(16)30)5-9-37(10-6-28)21-12-34-22(13-33-21)42-19-3-7-31-25(23(19)29)35-20-4-8-32-27(36-20)38-14-17(15-38)26(40)41-2;/h3-4,7-8,12-13,16-17,24H,5-6,9-11,14-15,30H2,1-2H3,(H,31,32,35,36);1H/t16-,24+;/m1./s1. The van der Waals surface area contributed by atoms with Crippen LogP contribution in [0.5, 0.6) is 0 Å². The van der Waals surface area contributed by atoms with E-state index in [1.807, 2.05) is 17.9 Å². The van der Waals surface area contributed by atoms with Gasteiger partial charge < -0.3 is 25.6 Å². The lowest BCUT2D eigenvalue weighted by atomic mass is 9.73. The highest BCUT2D eigenvalue weighted by molar-refractivity contribution is 7.99. The highest BCUT2D eigenvalue weighted by Crippen LogP contribution is 2.46. The molecule has 5 heterocycles. The Morgan fingerprint density at radius 1 is 1.12 bits per heavy atom. The Labute approximate surface area is 265 Å². The zero-order valence-corrected chi connectivity index (χ0v) is 26.2. The number of carbonyl (C=O) groups excluding carboxylic acids is 2. The van der Waals surface area contributed by atoms with Crippen molar-refractivity contribution >= 4 is 70.9 Å². The summed E-state index contributed by atoms with van der Waals surface area (Å²) >= 11 is 8.12. The van der Waals surface area contributed by atoms with Crippen molar-refractivity contribution in [1.82, 2.24) is 24.9 Å². The van der Waals surface area contributed by atoms with Crippen molar-refractivity contribution in [2.75, 3.05) is 48.4 Å². The minimum Gasteiger partial charge on any atom is -0.469 e. The first-order chi connectivity index (χ1) is 20.3. The van der Waals surface area contributed by atoms with Gasteiger partial charge in [-0.05, 0) is 30.4 Å². The molecular formula is C28H33Cl2N9O3S. The molecular weight excluding hydrogens is 613 g/mol. The number of carbonyl (C=O) groups is 2. The Morgan fingerprint density at radius 2 is 1.86 bits per heavy atom. The number of hydrogen-bond donors (Lipinski definition) is 2. The van der Waals surface area contributed by atoms with Crippen molar-refractivity contribution in [2.45, 2.75) is 42.1 Å². The van der Waals surface area contributed by atoms with Crippen molar-refractivity contribution in [1.29, 1.82) is 0 Å². The molecule has 43 heavy (non-hydrogen) atoms. The molecule has 3 N–H and O–H groups in total. The van der Waals surface area contributed by atoms with Gasteiger partial charge in [-0.2, -0.15) is 4.98 Å². The van der Waals surface area contributed by atoms with Gasteiger partial charge in [0.15, 0.2) is 5.82 Å². The summed E-state index contributed by atoms with van der Waals surface area (Å²) in [5.74, 6) is 2.13. The number of nitrogens with two attached hydrogens (primary N) is 1. The quantitative estimate of drug-likeness (QED) is 0.359. The van der Waals surface area contributed by atoms with Crippen LogP contribution >= 0.6 is 35.8 Å². The molecule has 6 rings (SSSR count). The highest BCUT2D eigenvalue weighted by Gasteiger charge is 2.50. The lowest BCUT2D eigenvalue weighted by molar-refractivity contribution is -0.146. The fraction of sp³-hybridized carbons (Fsp3) is 0.464. The third-order valence-electron chi connectivity index (χ3n) is 8.63. The minimum absolute atomic E-state index is 0. The van der Waals surface area contributed by atoms with Crippen LogP contribution in [0, 0.1) is 17.3 Å². The largest absolute Gasteiger partial charge is 0.469 e. The number of hydrogen-bond acceptors (Lipinski definition) is 13. The van der Waals surface area contributed by atoms with Gasteiger partial charge in [0.05, 0.1) is 30.4 Å². The van der Waals surface area contributed by atoms with Crippen LogP contribution in [0.2, 0.25) is 5.02 Å². The SMILES string of the molecule is COC(=O)C1CN(c2nccc(Nc3nccc(Sc4cnc(N5CCC6(CC5)CC(=O)[C@@H](C)[C@@H]6N)cn4)c3Cl)n2)C1.Cl. The van der Waals surface area contributed by atoms with Crippen LogP contribution in [0.15, 0.2) is 46.8 Å². The van der Waals surface area contributed by atoms with Crippen molar-refractivity contribution < 1.29 is 14.3 Å². The molecule has 2 saturated heterocycles. The number of Topliss-reactive ketones (excluding diaryl/α,β-unsaturated/α-hetero) is 1. The van der Waals surface area contributed by atoms with Gasteiger partial charge in [-0.25, -0.2) is 19.9 Å². The van der Waals surface area contributed by atoms with Gasteiger partial charge in [-0.15, -0.1) is 12.4 Å². The molecule has 0 aromatic carbocycles. The maximum Gasteiger partial charge on any atom is 0.312 e. The number of nitrogens with one attached hydrogen (secondary N) is 1. The smallest absolute Gasteiger partial charge is 0.312 e. The number of rotatable bonds is 7.